The van der Waals surface area contributed by atoms with Crippen LogP contribution in [-0.2, 0) is 13.5 Å². The Balaban J connectivity index is 2.43. The molecular formula is C12H15BrFN3. The second-order valence-corrected chi connectivity index (χ2v) is 4.95. The summed E-state index contributed by atoms with van der Waals surface area (Å²) in [4.78, 5) is 0. The third-order valence-electron chi connectivity index (χ3n) is 2.84. The zero-order chi connectivity index (χ0) is 12.4. The van der Waals surface area contributed by atoms with Gasteiger partial charge in [-0.1, -0.05) is 0 Å². The van der Waals surface area contributed by atoms with E-state index in [1.807, 2.05) is 11.7 Å². The molecule has 92 valence electrons. The van der Waals surface area contributed by atoms with Crippen LogP contribution in [0.5, 0.6) is 0 Å². The highest BCUT2D eigenvalue weighted by Gasteiger charge is 2.13. The van der Waals surface area contributed by atoms with Crippen LogP contribution in [0.1, 0.15) is 18.5 Å². The van der Waals surface area contributed by atoms with Crippen molar-refractivity contribution in [3.8, 4) is 0 Å². The highest BCUT2D eigenvalue weighted by atomic mass is 79.9. The van der Waals surface area contributed by atoms with Crippen LogP contribution < -0.4 is 5.73 Å². The summed E-state index contributed by atoms with van der Waals surface area (Å²) < 4.78 is 15.8. The standard InChI is InChI=1S/C12H15BrFN3/c1-17-11(4-2-3-5-15)12-9(13)6-8(14)7-10(12)16-17/h6-7H,2-5,15H2,1H3. The summed E-state index contributed by atoms with van der Waals surface area (Å²) in [6.07, 6.45) is 2.93. The van der Waals surface area contributed by atoms with E-state index >= 15 is 0 Å². The molecule has 1 aromatic carbocycles. The Kier molecular flexibility index (Phi) is 3.79. The first-order chi connectivity index (χ1) is 8.13. The maximum atomic E-state index is 13.2. The van der Waals surface area contributed by atoms with Gasteiger partial charge in [-0.25, -0.2) is 4.39 Å². The molecule has 0 aliphatic heterocycles. The first kappa shape index (κ1) is 12.5. The van der Waals surface area contributed by atoms with Crippen LogP contribution in [0.3, 0.4) is 0 Å². The second kappa shape index (κ2) is 5.14. The molecule has 0 aliphatic carbocycles. The van der Waals surface area contributed by atoms with E-state index in [2.05, 4.69) is 21.0 Å². The number of unbranched alkanes of at least 4 members (excludes halogenated alkanes) is 1. The third kappa shape index (κ3) is 2.50. The highest BCUT2D eigenvalue weighted by molar-refractivity contribution is 9.10. The Labute approximate surface area is 108 Å². The summed E-state index contributed by atoms with van der Waals surface area (Å²) in [7, 11) is 1.89. The van der Waals surface area contributed by atoms with Crippen molar-refractivity contribution >= 4 is 26.8 Å². The fourth-order valence-electron chi connectivity index (χ4n) is 2.03. The van der Waals surface area contributed by atoms with Crippen LogP contribution in [0.25, 0.3) is 10.9 Å². The van der Waals surface area contributed by atoms with E-state index in [9.17, 15) is 4.39 Å². The molecule has 0 aliphatic rings. The quantitative estimate of drug-likeness (QED) is 0.882. The molecule has 17 heavy (non-hydrogen) atoms. The molecule has 5 heteroatoms. The van der Waals surface area contributed by atoms with Crippen molar-refractivity contribution in [2.45, 2.75) is 19.3 Å². The van der Waals surface area contributed by atoms with Gasteiger partial charge in [-0.15, -0.1) is 0 Å². The van der Waals surface area contributed by atoms with Crippen molar-refractivity contribution in [1.82, 2.24) is 9.78 Å². The number of hydrogen-bond donors (Lipinski definition) is 1. The van der Waals surface area contributed by atoms with Gasteiger partial charge in [0, 0.05) is 28.7 Å². The van der Waals surface area contributed by atoms with Crippen LogP contribution in [0.15, 0.2) is 16.6 Å². The third-order valence-corrected chi connectivity index (χ3v) is 3.46. The van der Waals surface area contributed by atoms with E-state index in [1.54, 1.807) is 0 Å². The highest BCUT2D eigenvalue weighted by Crippen LogP contribution is 2.28. The molecule has 1 heterocycles. The first-order valence-electron chi connectivity index (χ1n) is 5.64. The predicted molar refractivity (Wildman–Crippen MR) is 70.4 cm³/mol. The molecule has 2 aromatic rings. The normalized spacial score (nSPS) is 11.3. The topological polar surface area (TPSA) is 43.8 Å². The van der Waals surface area contributed by atoms with E-state index in [0.717, 1.165) is 34.8 Å². The Hall–Kier alpha value is -0.940. The summed E-state index contributed by atoms with van der Waals surface area (Å²) in [6.45, 7) is 0.700. The summed E-state index contributed by atoms with van der Waals surface area (Å²) in [5.41, 5.74) is 7.31. The van der Waals surface area contributed by atoms with Gasteiger partial charge in [0.25, 0.3) is 0 Å². The van der Waals surface area contributed by atoms with Gasteiger partial charge in [-0.3, -0.25) is 4.68 Å². The average molecular weight is 300 g/mol. The lowest BCUT2D eigenvalue weighted by atomic mass is 10.1. The van der Waals surface area contributed by atoms with Crippen LogP contribution in [0, 0.1) is 5.82 Å². The van der Waals surface area contributed by atoms with Gasteiger partial charge in [0.15, 0.2) is 0 Å². The number of rotatable bonds is 4. The number of hydrogen-bond acceptors (Lipinski definition) is 2. The van der Waals surface area contributed by atoms with Crippen molar-refractivity contribution in [3.63, 3.8) is 0 Å². The number of aromatic nitrogens is 2. The lowest BCUT2D eigenvalue weighted by molar-refractivity contribution is 0.628. The number of aryl methyl sites for hydroxylation is 2. The Morgan fingerprint density at radius 3 is 2.88 bits per heavy atom. The second-order valence-electron chi connectivity index (χ2n) is 4.10. The van der Waals surface area contributed by atoms with E-state index in [4.69, 9.17) is 5.73 Å². The minimum absolute atomic E-state index is 0.268. The van der Waals surface area contributed by atoms with Gasteiger partial charge in [0.05, 0.1) is 5.52 Å². The van der Waals surface area contributed by atoms with Crippen LogP contribution >= 0.6 is 15.9 Å². The summed E-state index contributed by atoms with van der Waals surface area (Å²) >= 11 is 3.40. The van der Waals surface area contributed by atoms with Crippen molar-refractivity contribution < 1.29 is 4.39 Å². The molecule has 0 atom stereocenters. The maximum Gasteiger partial charge on any atom is 0.126 e. The average Bonchev–Trinajstić information content (AvgIpc) is 2.55. The minimum Gasteiger partial charge on any atom is -0.330 e. The zero-order valence-corrected chi connectivity index (χ0v) is 11.3. The number of benzene rings is 1. The van der Waals surface area contributed by atoms with Crippen molar-refractivity contribution in [2.24, 2.45) is 12.8 Å². The summed E-state index contributed by atoms with van der Waals surface area (Å²) in [5, 5.41) is 5.33. The van der Waals surface area contributed by atoms with Crippen LogP contribution in [0.2, 0.25) is 0 Å². The van der Waals surface area contributed by atoms with Gasteiger partial charge in [0.2, 0.25) is 0 Å². The molecule has 1 aromatic heterocycles. The molecule has 3 nitrogen and oxygen atoms in total. The van der Waals surface area contributed by atoms with Gasteiger partial charge < -0.3 is 5.73 Å². The fraction of sp³-hybridized carbons (Fsp3) is 0.417. The minimum atomic E-state index is -0.268. The van der Waals surface area contributed by atoms with E-state index in [1.165, 1.54) is 12.1 Å². The zero-order valence-electron chi connectivity index (χ0n) is 9.71. The number of halogens is 2. The smallest absolute Gasteiger partial charge is 0.126 e. The molecule has 0 radical (unpaired) electrons. The van der Waals surface area contributed by atoms with E-state index in [0.29, 0.717) is 12.1 Å². The Morgan fingerprint density at radius 1 is 1.41 bits per heavy atom. The number of nitrogens with two attached hydrogens (primary N) is 1. The van der Waals surface area contributed by atoms with Crippen molar-refractivity contribution in [3.05, 3.63) is 28.1 Å². The number of fused-ring (bicyclic) bond motifs is 1. The predicted octanol–water partition coefficient (Wildman–Crippen LogP) is 2.76. The lowest BCUT2D eigenvalue weighted by Gasteiger charge is -2.03. The van der Waals surface area contributed by atoms with E-state index < -0.39 is 0 Å². The van der Waals surface area contributed by atoms with Gasteiger partial charge in [0.1, 0.15) is 5.82 Å². The van der Waals surface area contributed by atoms with Crippen LogP contribution in [0.4, 0.5) is 4.39 Å². The summed E-state index contributed by atoms with van der Waals surface area (Å²) in [5.74, 6) is -0.268. The van der Waals surface area contributed by atoms with Gasteiger partial charge in [-0.05, 0) is 47.8 Å². The molecular weight excluding hydrogens is 285 g/mol. The molecule has 0 fully saturated rings. The fourth-order valence-corrected chi connectivity index (χ4v) is 2.68. The Bertz CT molecular complexity index is 536. The summed E-state index contributed by atoms with van der Waals surface area (Å²) in [6, 6.07) is 2.95. The molecule has 0 unspecified atom stereocenters. The molecule has 0 bridgehead atoms. The molecule has 0 amide bonds. The molecule has 2 N–H and O–H groups in total. The molecule has 0 saturated heterocycles. The van der Waals surface area contributed by atoms with Crippen LogP contribution in [-0.4, -0.2) is 16.3 Å². The Morgan fingerprint density at radius 2 is 2.18 bits per heavy atom. The van der Waals surface area contributed by atoms with Gasteiger partial charge >= 0.3 is 0 Å². The van der Waals surface area contributed by atoms with Gasteiger partial charge in [-0.2, -0.15) is 5.10 Å². The molecule has 0 spiro atoms. The molecule has 2 rings (SSSR count). The maximum absolute atomic E-state index is 13.2. The molecule has 0 saturated carbocycles. The van der Waals surface area contributed by atoms with Crippen molar-refractivity contribution in [2.75, 3.05) is 6.54 Å². The van der Waals surface area contributed by atoms with Crippen molar-refractivity contribution in [1.29, 1.82) is 0 Å². The first-order valence-corrected chi connectivity index (χ1v) is 6.43. The van der Waals surface area contributed by atoms with E-state index in [-0.39, 0.29) is 5.82 Å². The lowest BCUT2D eigenvalue weighted by Crippen LogP contribution is -2.02. The monoisotopic (exact) mass is 299 g/mol. The number of nitrogens with zero attached hydrogens (tertiary/aromatic N) is 2. The SMILES string of the molecule is Cn1nc2cc(F)cc(Br)c2c1CCCCN. The largest absolute Gasteiger partial charge is 0.330 e.